The molecule has 0 spiro atoms. The number of piperidine rings is 1. The molecular weight excluding hydrogens is 472 g/mol. The van der Waals surface area contributed by atoms with Crippen LogP contribution in [0.15, 0.2) is 35.7 Å². The van der Waals surface area contributed by atoms with Gasteiger partial charge < -0.3 is 15.7 Å². The van der Waals surface area contributed by atoms with Crippen LogP contribution in [0.25, 0.3) is 10.4 Å². The van der Waals surface area contributed by atoms with Gasteiger partial charge in [0.15, 0.2) is 0 Å². The molecule has 10 heteroatoms. The first-order valence-electron chi connectivity index (χ1n) is 10.7. The van der Waals surface area contributed by atoms with Crippen LogP contribution in [-0.2, 0) is 6.42 Å². The van der Waals surface area contributed by atoms with Gasteiger partial charge in [-0.15, -0.1) is 0 Å². The molecule has 1 aliphatic heterocycles. The van der Waals surface area contributed by atoms with Crippen molar-refractivity contribution in [2.75, 3.05) is 30.3 Å². The van der Waals surface area contributed by atoms with Crippen LogP contribution in [0, 0.1) is 18.3 Å². The van der Waals surface area contributed by atoms with Crippen molar-refractivity contribution in [3.05, 3.63) is 57.7 Å². The Morgan fingerprint density at radius 2 is 2.00 bits per heavy atom. The topological polar surface area (TPSA) is 148 Å². The van der Waals surface area contributed by atoms with Crippen molar-refractivity contribution >= 4 is 32.2 Å². The number of nitrogen functional groups attached to an aromatic ring is 1. The number of aromatic nitrogens is 2. The van der Waals surface area contributed by atoms with Crippen molar-refractivity contribution in [1.29, 1.82) is 5.41 Å². The maximum absolute atomic E-state index is 8.28. The molecule has 32 heavy (non-hydrogen) atoms. The van der Waals surface area contributed by atoms with Crippen molar-refractivity contribution < 1.29 is 5.11 Å². The molecule has 2 heterocycles. The lowest BCUT2D eigenvalue weighted by Crippen LogP contribution is -2.36. The first-order valence-corrected chi connectivity index (χ1v) is 11.5. The van der Waals surface area contributed by atoms with Crippen molar-refractivity contribution in [1.82, 2.24) is 9.97 Å². The van der Waals surface area contributed by atoms with Crippen molar-refractivity contribution in [3.8, 4) is 0 Å². The Hall–Kier alpha value is -2.68. The van der Waals surface area contributed by atoms with Crippen LogP contribution in [0.4, 0.5) is 11.6 Å². The molecule has 3 rings (SSSR count). The van der Waals surface area contributed by atoms with E-state index in [4.69, 9.17) is 21.8 Å². The van der Waals surface area contributed by atoms with Crippen LogP contribution < -0.4 is 10.6 Å². The summed E-state index contributed by atoms with van der Waals surface area (Å²) in [5.74, 6) is 1.80. The van der Waals surface area contributed by atoms with Gasteiger partial charge in [-0.2, -0.15) is 0 Å². The molecule has 1 saturated heterocycles. The fraction of sp³-hybridized carbons (Fsp3) is 0.500. The van der Waals surface area contributed by atoms with E-state index in [9.17, 15) is 0 Å². The van der Waals surface area contributed by atoms with Crippen molar-refractivity contribution in [3.63, 3.8) is 0 Å². The fourth-order valence-corrected chi connectivity index (χ4v) is 3.96. The molecule has 2 aromatic rings. The minimum Gasteiger partial charge on any atom is -0.396 e. The largest absolute Gasteiger partial charge is 0.396 e. The molecule has 0 amide bonds. The van der Waals surface area contributed by atoms with E-state index in [-0.39, 0.29) is 17.3 Å². The zero-order valence-corrected chi connectivity index (χ0v) is 20.2. The number of halogens is 1. The van der Waals surface area contributed by atoms with Gasteiger partial charge in [-0.3, -0.25) is 5.41 Å². The first-order chi connectivity index (χ1) is 15.3. The van der Waals surface area contributed by atoms with Crippen LogP contribution in [0.3, 0.4) is 0 Å². The van der Waals surface area contributed by atoms with Gasteiger partial charge in [0, 0.05) is 30.6 Å². The average molecular weight is 503 g/mol. The van der Waals surface area contributed by atoms with Crippen LogP contribution in [0.5, 0.6) is 0 Å². The fourth-order valence-electron chi connectivity index (χ4n) is 3.58. The van der Waals surface area contributed by atoms with Gasteiger partial charge in [0.2, 0.25) is 0 Å². The highest BCUT2D eigenvalue weighted by Gasteiger charge is 2.24. The van der Waals surface area contributed by atoms with E-state index >= 15 is 0 Å². The number of aryl methyl sites for hydroxylation is 1. The Morgan fingerprint density at radius 1 is 1.34 bits per heavy atom. The Bertz CT molecular complexity index is 922. The third kappa shape index (κ3) is 7.78. The summed E-state index contributed by atoms with van der Waals surface area (Å²) in [6, 6.07) is 8.75. The molecular formula is C22H31BrN8O. The molecule has 172 valence electrons. The molecule has 9 nitrogen and oxygen atoms in total. The summed E-state index contributed by atoms with van der Waals surface area (Å²) in [5, 5.41) is 19.5. The first kappa shape index (κ1) is 25.6. The maximum atomic E-state index is 8.28. The lowest BCUT2D eigenvalue weighted by Gasteiger charge is -2.33. The number of nitrogens with two attached hydrogens (primary N) is 1. The van der Waals surface area contributed by atoms with E-state index in [2.05, 4.69) is 72.0 Å². The molecule has 0 radical (unpaired) electrons. The number of anilines is 2. The van der Waals surface area contributed by atoms with Crippen LogP contribution in [0.2, 0.25) is 0 Å². The second kappa shape index (κ2) is 13.0. The molecule has 0 saturated carbocycles. The van der Waals surface area contributed by atoms with E-state index in [0.717, 1.165) is 38.2 Å². The Morgan fingerprint density at radius 3 is 2.56 bits per heavy atom. The highest BCUT2D eigenvalue weighted by atomic mass is 79.9. The summed E-state index contributed by atoms with van der Waals surface area (Å²) in [7, 11) is 0. The number of aliphatic hydroxyl groups excluding tert-OH is 1. The second-order valence-corrected chi connectivity index (χ2v) is 8.75. The summed E-state index contributed by atoms with van der Waals surface area (Å²) in [4.78, 5) is 13.2. The van der Waals surface area contributed by atoms with E-state index in [1.54, 1.807) is 6.92 Å². The highest BCUT2D eigenvalue weighted by molar-refractivity contribution is 9.18. The monoisotopic (exact) mass is 502 g/mol. The quantitative estimate of drug-likeness (QED) is 0.218. The lowest BCUT2D eigenvalue weighted by molar-refractivity contribution is 0.279. The third-order valence-electron chi connectivity index (χ3n) is 5.43. The van der Waals surface area contributed by atoms with Gasteiger partial charge in [0.25, 0.3) is 0 Å². The predicted octanol–water partition coefficient (Wildman–Crippen LogP) is 4.61. The number of benzene rings is 1. The Balaban J connectivity index is 0.000000390. The standard InChI is InChI=1S/C18H22BrN5.C4H9N3O/c1-12-2-4-13(5-3-12)10-14-6-8-24(9-7-14)18-15(16(19)20)17(21)22-11-23-18;1-4(2-3-8)6-7-5/h2-5,11,14,20H,6-10H2,1H3,(H2,21,22,23);4,8H,2-3H2,1H3. The molecule has 1 aliphatic rings. The molecule has 0 bridgehead atoms. The molecule has 0 aliphatic carbocycles. The van der Waals surface area contributed by atoms with Crippen molar-refractivity contribution in [2.24, 2.45) is 11.0 Å². The van der Waals surface area contributed by atoms with E-state index in [1.807, 2.05) is 0 Å². The van der Waals surface area contributed by atoms with Gasteiger partial charge in [0.05, 0.1) is 5.56 Å². The normalized spacial score (nSPS) is 14.7. The summed E-state index contributed by atoms with van der Waals surface area (Å²) >= 11 is 3.21. The zero-order chi connectivity index (χ0) is 23.5. The van der Waals surface area contributed by atoms with Gasteiger partial charge in [-0.1, -0.05) is 41.9 Å². The number of nitrogens with one attached hydrogen (secondary N) is 1. The number of hydrogen-bond donors (Lipinski definition) is 3. The summed E-state index contributed by atoms with van der Waals surface area (Å²) in [6.45, 7) is 5.82. The molecule has 1 atom stereocenters. The molecule has 1 fully saturated rings. The summed E-state index contributed by atoms with van der Waals surface area (Å²) in [5.41, 5.74) is 17.1. The average Bonchev–Trinajstić information content (AvgIpc) is 2.76. The van der Waals surface area contributed by atoms with Crippen LogP contribution in [0.1, 0.15) is 42.9 Å². The lowest BCUT2D eigenvalue weighted by atomic mass is 9.90. The number of azide groups is 1. The SMILES string of the molecule is CC(CCO)N=[N+]=[N-].Cc1ccc(CC2CCN(c3ncnc(N)c3C(=N)Br)CC2)cc1. The zero-order valence-electron chi connectivity index (χ0n) is 18.6. The molecule has 1 unspecified atom stereocenters. The van der Waals surface area contributed by atoms with Gasteiger partial charge in [-0.25, -0.2) is 9.97 Å². The van der Waals surface area contributed by atoms with Gasteiger partial charge in [0.1, 0.15) is 22.6 Å². The Labute approximate surface area is 197 Å². The van der Waals surface area contributed by atoms with Gasteiger partial charge >= 0.3 is 0 Å². The number of nitrogens with zero attached hydrogens (tertiary/aromatic N) is 6. The van der Waals surface area contributed by atoms with E-state index < -0.39 is 0 Å². The smallest absolute Gasteiger partial charge is 0.144 e. The molecule has 4 N–H and O–H groups in total. The van der Waals surface area contributed by atoms with Crippen LogP contribution in [-0.4, -0.2) is 45.4 Å². The summed E-state index contributed by atoms with van der Waals surface area (Å²) < 4.78 is 0.234. The van der Waals surface area contributed by atoms with Crippen molar-refractivity contribution in [2.45, 2.75) is 45.6 Å². The maximum Gasteiger partial charge on any atom is 0.144 e. The molecule has 1 aromatic carbocycles. The van der Waals surface area contributed by atoms with E-state index in [0.29, 0.717) is 23.7 Å². The number of rotatable bonds is 7. The summed E-state index contributed by atoms with van der Waals surface area (Å²) in [6.07, 6.45) is 5.38. The molecule has 1 aromatic heterocycles. The number of aliphatic hydroxyl groups is 1. The Kier molecular flexibility index (Phi) is 10.4. The van der Waals surface area contributed by atoms with Crippen LogP contribution >= 0.6 is 15.9 Å². The minimum atomic E-state index is -0.0787. The van der Waals surface area contributed by atoms with Gasteiger partial charge in [-0.05, 0) is 65.5 Å². The highest BCUT2D eigenvalue weighted by Crippen LogP contribution is 2.29. The second-order valence-electron chi connectivity index (χ2n) is 7.96. The third-order valence-corrected chi connectivity index (χ3v) is 5.83. The van der Waals surface area contributed by atoms with E-state index in [1.165, 1.54) is 17.5 Å². The number of hydrogen-bond acceptors (Lipinski definition) is 7. The predicted molar refractivity (Wildman–Crippen MR) is 132 cm³/mol. The minimum absolute atomic E-state index is 0.0787.